The number of hydrogen-bond donors (Lipinski definition) is 0. The van der Waals surface area contributed by atoms with E-state index in [0.29, 0.717) is 6.61 Å². The summed E-state index contributed by atoms with van der Waals surface area (Å²) >= 11 is 3.77. The molecule has 0 aromatic heterocycles. The largest absolute Gasteiger partial charge is 0.475 e. The molecule has 0 fully saturated rings. The van der Waals surface area contributed by atoms with Gasteiger partial charge in [-0.15, -0.1) is 0 Å². The number of rotatable bonds is 14. The maximum atomic E-state index is 14.8. The molecule has 56 heavy (non-hydrogen) atoms. The number of hydrogen-bond acceptors (Lipinski definition) is 5. The van der Waals surface area contributed by atoms with E-state index < -0.39 is 16.1 Å². The Bertz CT molecular complexity index is 2160. The molecule has 0 aliphatic heterocycles. The summed E-state index contributed by atoms with van der Waals surface area (Å²) in [4.78, 5) is 0. The van der Waals surface area contributed by atoms with Gasteiger partial charge in [0.1, 0.15) is 0 Å². The Morgan fingerprint density at radius 1 is 0.571 bits per heavy atom. The lowest BCUT2D eigenvalue weighted by Crippen LogP contribution is -2.66. The van der Waals surface area contributed by atoms with Crippen LogP contribution in [0.3, 0.4) is 0 Å². The van der Waals surface area contributed by atoms with Crippen LogP contribution in [-0.2, 0) is 22.6 Å². The first-order chi connectivity index (χ1) is 27.2. The Balaban J connectivity index is 1.04. The van der Waals surface area contributed by atoms with Crippen molar-refractivity contribution < 1.29 is 22.6 Å². The van der Waals surface area contributed by atoms with Gasteiger partial charge in [-0.05, 0) is 66.0 Å². The summed E-state index contributed by atoms with van der Waals surface area (Å²) in [6.07, 6.45) is 1.86. The zero-order chi connectivity index (χ0) is 38.8. The zero-order valence-electron chi connectivity index (χ0n) is 31.9. The average Bonchev–Trinajstić information content (AvgIpc) is 3.72. The Morgan fingerprint density at radius 2 is 0.929 bits per heavy atom. The van der Waals surface area contributed by atoms with Crippen LogP contribution >= 0.6 is 23.8 Å². The van der Waals surface area contributed by atoms with Crippen LogP contribution in [-0.4, -0.2) is 34.7 Å². The Morgan fingerprint density at radius 3 is 1.30 bits per heavy atom. The second-order valence-electron chi connectivity index (χ2n) is 15.4. The number of halogens is 1. The van der Waals surface area contributed by atoms with Crippen LogP contribution in [0.25, 0.3) is 22.3 Å². The smallest absolute Gasteiger partial charge is 0.403 e. The molecule has 0 N–H and O–H groups in total. The molecule has 6 aromatic rings. The third kappa shape index (κ3) is 7.50. The first-order valence-corrected chi connectivity index (χ1v) is 23.3. The van der Waals surface area contributed by atoms with Crippen LogP contribution in [0, 0.1) is 0 Å². The third-order valence-corrected chi connectivity index (χ3v) is 18.0. The lowest BCUT2D eigenvalue weighted by Gasteiger charge is -2.43. The molecular formula is C48H46BrO5PSi. The van der Waals surface area contributed by atoms with Gasteiger partial charge in [0, 0.05) is 16.3 Å². The fraction of sp³-hybridized carbons (Fsp3) is 0.208. The molecule has 2 aliphatic carbocycles. The number of phosphoric acid groups is 1. The van der Waals surface area contributed by atoms with Crippen molar-refractivity contribution in [2.75, 3.05) is 26.4 Å². The summed E-state index contributed by atoms with van der Waals surface area (Å²) in [6.45, 7) is 7.37. The molecule has 0 saturated heterocycles. The lowest BCUT2D eigenvalue weighted by molar-refractivity contribution is 0.117. The molecule has 8 heteroatoms. The van der Waals surface area contributed by atoms with E-state index >= 15 is 0 Å². The molecule has 0 heterocycles. The predicted octanol–water partition coefficient (Wildman–Crippen LogP) is 11.6. The lowest BCUT2D eigenvalue weighted by atomic mass is 9.98. The van der Waals surface area contributed by atoms with Gasteiger partial charge in [0.15, 0.2) is 0 Å². The minimum Gasteiger partial charge on any atom is -0.403 e. The van der Waals surface area contributed by atoms with E-state index in [-0.39, 0.29) is 36.7 Å². The van der Waals surface area contributed by atoms with Crippen LogP contribution in [0.2, 0.25) is 5.04 Å². The first kappa shape index (κ1) is 38.7. The van der Waals surface area contributed by atoms with Gasteiger partial charge in [0.2, 0.25) is 0 Å². The summed E-state index contributed by atoms with van der Waals surface area (Å²) in [5, 5.41) is 2.23. The molecule has 0 amide bonds. The Labute approximate surface area is 340 Å². The summed E-state index contributed by atoms with van der Waals surface area (Å²) in [6, 6.07) is 54.5. The highest BCUT2D eigenvalue weighted by Crippen LogP contribution is 2.55. The summed E-state index contributed by atoms with van der Waals surface area (Å²) in [5.41, 5.74) is 9.23. The topological polar surface area (TPSA) is 54.0 Å². The average molecular weight is 842 g/mol. The molecule has 0 spiro atoms. The van der Waals surface area contributed by atoms with Gasteiger partial charge in [-0.25, -0.2) is 4.57 Å². The summed E-state index contributed by atoms with van der Waals surface area (Å²) < 4.78 is 41.7. The molecular weight excluding hydrogens is 795 g/mol. The third-order valence-electron chi connectivity index (χ3n) is 11.1. The van der Waals surface area contributed by atoms with E-state index in [1.165, 1.54) is 32.6 Å². The van der Waals surface area contributed by atoms with Gasteiger partial charge < -0.3 is 4.43 Å². The van der Waals surface area contributed by atoms with E-state index in [4.69, 9.17) is 18.0 Å². The summed E-state index contributed by atoms with van der Waals surface area (Å²) in [5.74, 6) is -0.226. The predicted molar refractivity (Wildman–Crippen MR) is 233 cm³/mol. The maximum absolute atomic E-state index is 14.8. The van der Waals surface area contributed by atoms with Crippen molar-refractivity contribution in [2.45, 2.75) is 37.6 Å². The maximum Gasteiger partial charge on any atom is 0.475 e. The van der Waals surface area contributed by atoms with Crippen molar-refractivity contribution in [1.29, 1.82) is 0 Å². The van der Waals surface area contributed by atoms with E-state index in [1.807, 2.05) is 42.5 Å². The van der Waals surface area contributed by atoms with Crippen molar-refractivity contribution in [3.63, 3.8) is 0 Å². The van der Waals surface area contributed by atoms with Crippen LogP contribution in [0.4, 0.5) is 0 Å². The SMILES string of the molecule is CC(C)(C)[Si](OCC(Br)=CCOP(=O)(OCC1c2ccccc2-c2ccccc21)OCC1c2ccccc2-c2ccccc21)(c1ccccc1)c1ccccc1. The minimum absolute atomic E-state index is 0.00233. The second-order valence-corrected chi connectivity index (χ2v) is 22.4. The van der Waals surface area contributed by atoms with Gasteiger partial charge in [0.25, 0.3) is 8.32 Å². The first-order valence-electron chi connectivity index (χ1n) is 19.2. The molecule has 284 valence electrons. The number of fused-ring (bicyclic) bond motifs is 6. The Hall–Kier alpha value is -4.17. The summed E-state index contributed by atoms with van der Waals surface area (Å²) in [7, 11) is -6.87. The van der Waals surface area contributed by atoms with Crippen molar-refractivity contribution in [3.05, 3.63) is 191 Å². The molecule has 0 unspecified atom stereocenters. The molecule has 2 aliphatic rings. The van der Waals surface area contributed by atoms with Crippen LogP contribution < -0.4 is 10.4 Å². The fourth-order valence-electron chi connectivity index (χ4n) is 8.54. The van der Waals surface area contributed by atoms with E-state index in [9.17, 15) is 4.57 Å². The highest BCUT2D eigenvalue weighted by atomic mass is 79.9. The van der Waals surface area contributed by atoms with Gasteiger partial charge in [0.05, 0.1) is 26.4 Å². The second kappa shape index (κ2) is 16.4. The van der Waals surface area contributed by atoms with E-state index in [2.05, 4.69) is 158 Å². The van der Waals surface area contributed by atoms with Crippen molar-refractivity contribution in [2.24, 2.45) is 0 Å². The quantitative estimate of drug-likeness (QED) is 0.0808. The van der Waals surface area contributed by atoms with Crippen molar-refractivity contribution in [1.82, 2.24) is 0 Å². The highest BCUT2D eigenvalue weighted by Gasteiger charge is 2.50. The van der Waals surface area contributed by atoms with Gasteiger partial charge in [-0.1, -0.05) is 194 Å². The molecule has 0 atom stereocenters. The molecule has 0 saturated carbocycles. The van der Waals surface area contributed by atoms with Crippen molar-refractivity contribution >= 4 is 42.4 Å². The van der Waals surface area contributed by atoms with Gasteiger partial charge >= 0.3 is 7.82 Å². The van der Waals surface area contributed by atoms with Gasteiger partial charge in [-0.3, -0.25) is 13.6 Å². The van der Waals surface area contributed by atoms with Crippen LogP contribution in [0.1, 0.15) is 54.9 Å². The fourth-order valence-corrected chi connectivity index (χ4v) is 14.7. The highest BCUT2D eigenvalue weighted by molar-refractivity contribution is 9.11. The zero-order valence-corrected chi connectivity index (χ0v) is 35.4. The van der Waals surface area contributed by atoms with Gasteiger partial charge in [-0.2, -0.15) is 0 Å². The monoisotopic (exact) mass is 840 g/mol. The van der Waals surface area contributed by atoms with Crippen LogP contribution in [0.15, 0.2) is 168 Å². The van der Waals surface area contributed by atoms with E-state index in [0.717, 1.165) is 26.7 Å². The Kier molecular flexibility index (Phi) is 11.3. The molecule has 6 aromatic carbocycles. The number of benzene rings is 6. The van der Waals surface area contributed by atoms with Crippen molar-refractivity contribution in [3.8, 4) is 22.3 Å². The standard InChI is InChI=1S/C48H46BrO5PSi/c1-48(2,3)56(36-18-6-4-7-19-36,37-20-8-5-9-21-37)54-32-35(49)30-31-51-55(50,52-33-46-42-26-14-10-22-38(42)39-23-11-15-27-43(39)46)53-34-47-44-28-16-12-24-40(44)41-25-13-17-29-45(41)47/h4-30,46-47H,31-34H2,1-3H3. The minimum atomic E-state index is -4.10. The molecule has 8 rings (SSSR count). The number of phosphoric ester groups is 1. The molecule has 0 bridgehead atoms. The van der Waals surface area contributed by atoms with Crippen LogP contribution in [0.5, 0.6) is 0 Å². The molecule has 0 radical (unpaired) electrons. The molecule has 5 nitrogen and oxygen atoms in total. The normalized spacial score (nSPS) is 14.3. The van der Waals surface area contributed by atoms with E-state index in [1.54, 1.807) is 0 Å².